The Morgan fingerprint density at radius 3 is 2.39 bits per heavy atom. The zero-order valence-corrected chi connectivity index (χ0v) is 15.9. The Kier molecular flexibility index (Phi) is 11.1. The minimum atomic E-state index is 0.610. The van der Waals surface area contributed by atoms with Gasteiger partial charge in [-0.15, -0.1) is 0 Å². The number of hydrogen-bond acceptors (Lipinski definition) is 1. The Balaban J connectivity index is 0.000000366. The van der Waals surface area contributed by atoms with E-state index >= 15 is 0 Å². The van der Waals surface area contributed by atoms with Crippen LogP contribution in [0, 0.1) is 0 Å². The van der Waals surface area contributed by atoms with Gasteiger partial charge >= 0.3 is 0 Å². The monoisotopic (exact) mass is 353 g/mol. The third-order valence-electron chi connectivity index (χ3n) is 3.69. The zero-order chi connectivity index (χ0) is 16.9. The van der Waals surface area contributed by atoms with E-state index in [1.807, 2.05) is 18.2 Å². The highest BCUT2D eigenvalue weighted by atomic mass is 35.5. The summed E-state index contributed by atoms with van der Waals surface area (Å²) in [5.74, 6) is 0. The molecule has 1 saturated heterocycles. The Bertz CT molecular complexity index is 491. The first-order chi connectivity index (χ1) is 11.1. The predicted octanol–water partition coefficient (Wildman–Crippen LogP) is 6.60. The molecule has 0 radical (unpaired) electrons. The highest BCUT2D eigenvalue weighted by molar-refractivity contribution is 6.42. The number of unbranched alkanes of at least 4 members (excludes halogenated alkanes) is 1. The summed E-state index contributed by atoms with van der Waals surface area (Å²) < 4.78 is 0. The third kappa shape index (κ3) is 9.86. The normalized spacial score (nSPS) is 15.4. The van der Waals surface area contributed by atoms with E-state index in [9.17, 15) is 0 Å². The van der Waals surface area contributed by atoms with E-state index in [0.717, 1.165) is 12.8 Å². The van der Waals surface area contributed by atoms with Crippen LogP contribution < -0.4 is 5.32 Å². The molecule has 2 rings (SSSR count). The molecule has 0 saturated carbocycles. The first-order valence-corrected chi connectivity index (χ1v) is 9.37. The molecular formula is C20H29Cl2N. The van der Waals surface area contributed by atoms with Crippen molar-refractivity contribution in [3.63, 3.8) is 0 Å². The van der Waals surface area contributed by atoms with Gasteiger partial charge in [0.15, 0.2) is 0 Å². The molecule has 1 heterocycles. The average molecular weight is 354 g/mol. The van der Waals surface area contributed by atoms with Gasteiger partial charge in [-0.2, -0.15) is 0 Å². The number of benzene rings is 1. The van der Waals surface area contributed by atoms with E-state index in [2.05, 4.69) is 37.4 Å². The average Bonchev–Trinajstić information content (AvgIpc) is 2.58. The van der Waals surface area contributed by atoms with E-state index in [1.54, 1.807) is 0 Å². The standard InChI is InChI=1S/C15H18Cl2.C5H11N/c1-3-4-5-6-12(2)7-8-13-9-10-14(16)15(17)11-13;1-2-4-6-5-3-1/h5-7,9-11H,3-4,8H2,1-2H3;6H,1-5H2. The van der Waals surface area contributed by atoms with Crippen molar-refractivity contribution in [1.82, 2.24) is 5.32 Å². The Hall–Kier alpha value is -0.760. The van der Waals surface area contributed by atoms with Crippen molar-refractivity contribution in [2.45, 2.75) is 52.4 Å². The van der Waals surface area contributed by atoms with E-state index in [1.165, 1.54) is 49.9 Å². The summed E-state index contributed by atoms with van der Waals surface area (Å²) in [6, 6.07) is 5.77. The molecule has 23 heavy (non-hydrogen) atoms. The molecule has 1 N–H and O–H groups in total. The van der Waals surface area contributed by atoms with E-state index in [-0.39, 0.29) is 0 Å². The Labute approximate surface area is 151 Å². The van der Waals surface area contributed by atoms with Gasteiger partial charge in [0.05, 0.1) is 10.0 Å². The van der Waals surface area contributed by atoms with E-state index in [4.69, 9.17) is 23.2 Å². The largest absolute Gasteiger partial charge is 0.317 e. The fourth-order valence-corrected chi connectivity index (χ4v) is 2.57. The van der Waals surface area contributed by atoms with Crippen molar-refractivity contribution in [3.05, 3.63) is 57.6 Å². The topological polar surface area (TPSA) is 12.0 Å². The van der Waals surface area contributed by atoms with Gasteiger partial charge in [-0.3, -0.25) is 0 Å². The maximum Gasteiger partial charge on any atom is 0.0595 e. The molecule has 1 aromatic rings. The molecule has 0 unspecified atom stereocenters. The summed E-state index contributed by atoms with van der Waals surface area (Å²) >= 11 is 11.8. The molecule has 0 aromatic heterocycles. The van der Waals surface area contributed by atoms with Crippen LogP contribution in [0.5, 0.6) is 0 Å². The van der Waals surface area contributed by atoms with Gasteiger partial charge in [0.2, 0.25) is 0 Å². The Morgan fingerprint density at radius 2 is 1.87 bits per heavy atom. The molecule has 1 fully saturated rings. The van der Waals surface area contributed by atoms with Gasteiger partial charge in [0, 0.05) is 0 Å². The zero-order valence-electron chi connectivity index (χ0n) is 14.4. The van der Waals surface area contributed by atoms with E-state index in [0.29, 0.717) is 10.0 Å². The lowest BCUT2D eigenvalue weighted by molar-refractivity contribution is 0.520. The van der Waals surface area contributed by atoms with Gasteiger partial charge in [-0.1, -0.05) is 72.8 Å². The smallest absolute Gasteiger partial charge is 0.0595 e. The second kappa shape index (κ2) is 12.6. The van der Waals surface area contributed by atoms with Gasteiger partial charge in [-0.25, -0.2) is 0 Å². The minimum absolute atomic E-state index is 0.610. The van der Waals surface area contributed by atoms with Crippen LogP contribution >= 0.6 is 23.2 Å². The predicted molar refractivity (Wildman–Crippen MR) is 105 cm³/mol. The fraction of sp³-hybridized carbons (Fsp3) is 0.500. The lowest BCUT2D eigenvalue weighted by Crippen LogP contribution is -2.21. The van der Waals surface area contributed by atoms with Gasteiger partial charge in [-0.05, 0) is 63.4 Å². The summed E-state index contributed by atoms with van der Waals surface area (Å²) in [4.78, 5) is 0. The van der Waals surface area contributed by atoms with Crippen LogP contribution in [0.25, 0.3) is 0 Å². The number of nitrogens with one attached hydrogen (secondary N) is 1. The highest BCUT2D eigenvalue weighted by Crippen LogP contribution is 2.23. The van der Waals surface area contributed by atoms with Crippen LogP contribution in [-0.4, -0.2) is 13.1 Å². The Morgan fingerprint density at radius 1 is 1.13 bits per heavy atom. The molecule has 1 aromatic carbocycles. The van der Waals surface area contributed by atoms with Crippen LogP contribution in [0.2, 0.25) is 10.0 Å². The highest BCUT2D eigenvalue weighted by Gasteiger charge is 1.98. The molecular weight excluding hydrogens is 325 g/mol. The summed E-state index contributed by atoms with van der Waals surface area (Å²) in [5, 5.41) is 4.52. The van der Waals surface area contributed by atoms with Crippen LogP contribution in [0.4, 0.5) is 0 Å². The molecule has 3 heteroatoms. The fourth-order valence-electron chi connectivity index (χ4n) is 2.25. The minimum Gasteiger partial charge on any atom is -0.317 e. The van der Waals surface area contributed by atoms with Crippen molar-refractivity contribution >= 4 is 23.2 Å². The number of piperidine rings is 1. The molecule has 1 aliphatic rings. The van der Waals surface area contributed by atoms with Crippen LogP contribution in [-0.2, 0) is 6.42 Å². The third-order valence-corrected chi connectivity index (χ3v) is 4.43. The molecule has 0 spiro atoms. The molecule has 0 aliphatic carbocycles. The summed E-state index contributed by atoms with van der Waals surface area (Å²) in [7, 11) is 0. The maximum absolute atomic E-state index is 5.96. The molecule has 128 valence electrons. The van der Waals surface area contributed by atoms with Gasteiger partial charge in [0.1, 0.15) is 0 Å². The van der Waals surface area contributed by atoms with Crippen molar-refractivity contribution < 1.29 is 0 Å². The molecule has 0 atom stereocenters. The second-order valence-corrected chi connectivity index (χ2v) is 6.72. The number of rotatable bonds is 5. The van der Waals surface area contributed by atoms with Gasteiger partial charge in [0.25, 0.3) is 0 Å². The number of allylic oxidation sites excluding steroid dienone is 4. The van der Waals surface area contributed by atoms with Crippen LogP contribution in [0.1, 0.15) is 51.5 Å². The van der Waals surface area contributed by atoms with E-state index < -0.39 is 0 Å². The quantitative estimate of drug-likeness (QED) is 0.588. The molecule has 0 amide bonds. The van der Waals surface area contributed by atoms with Crippen molar-refractivity contribution in [2.24, 2.45) is 0 Å². The maximum atomic E-state index is 5.96. The molecule has 0 bridgehead atoms. The van der Waals surface area contributed by atoms with Gasteiger partial charge < -0.3 is 5.32 Å². The van der Waals surface area contributed by atoms with Crippen molar-refractivity contribution in [3.8, 4) is 0 Å². The second-order valence-electron chi connectivity index (χ2n) is 5.90. The first kappa shape index (κ1) is 20.3. The van der Waals surface area contributed by atoms with Crippen LogP contribution in [0.3, 0.4) is 0 Å². The molecule has 1 nitrogen and oxygen atoms in total. The first-order valence-electron chi connectivity index (χ1n) is 8.61. The number of hydrogen-bond donors (Lipinski definition) is 1. The summed E-state index contributed by atoms with van der Waals surface area (Å²) in [6.07, 6.45) is 14.0. The number of halogens is 2. The SMILES string of the molecule is C1CCNCC1.CCCC=CC(C)=CCc1ccc(Cl)c(Cl)c1. The lowest BCUT2D eigenvalue weighted by atomic mass is 10.1. The van der Waals surface area contributed by atoms with Crippen molar-refractivity contribution in [1.29, 1.82) is 0 Å². The van der Waals surface area contributed by atoms with Crippen molar-refractivity contribution in [2.75, 3.05) is 13.1 Å². The van der Waals surface area contributed by atoms with Crippen LogP contribution in [0.15, 0.2) is 42.0 Å². The molecule has 1 aliphatic heterocycles. The summed E-state index contributed by atoms with van der Waals surface area (Å²) in [6.45, 7) is 6.79. The summed E-state index contributed by atoms with van der Waals surface area (Å²) in [5.41, 5.74) is 2.46. The lowest BCUT2D eigenvalue weighted by Gasteiger charge is -2.08.